The van der Waals surface area contributed by atoms with E-state index in [1.807, 2.05) is 30.3 Å². The van der Waals surface area contributed by atoms with Crippen LogP contribution in [0.15, 0.2) is 42.5 Å². The number of aldehydes is 1. The van der Waals surface area contributed by atoms with Crippen LogP contribution in [-0.2, 0) is 0 Å². The van der Waals surface area contributed by atoms with Crippen LogP contribution < -0.4 is 0 Å². The second-order valence-corrected chi connectivity index (χ2v) is 5.90. The number of rotatable bonds is 1. The molecule has 0 N–H and O–H groups in total. The van der Waals surface area contributed by atoms with Crippen molar-refractivity contribution in [2.75, 3.05) is 0 Å². The summed E-state index contributed by atoms with van der Waals surface area (Å²) in [5.41, 5.74) is 5.02. The monoisotopic (exact) mass is 284 g/mol. The van der Waals surface area contributed by atoms with Crippen molar-refractivity contribution >= 4 is 6.29 Å². The molecule has 4 unspecified atom stereocenters. The summed E-state index contributed by atoms with van der Waals surface area (Å²) in [4.78, 5) is 11.1. The molecule has 0 fully saturated rings. The minimum absolute atomic E-state index is 0.0773. The number of fused-ring (bicyclic) bond motifs is 1. The van der Waals surface area contributed by atoms with E-state index in [0.29, 0.717) is 5.56 Å². The van der Waals surface area contributed by atoms with E-state index in [-0.39, 0.29) is 23.7 Å². The summed E-state index contributed by atoms with van der Waals surface area (Å²) in [7, 11) is 0. The Morgan fingerprint density at radius 2 is 1.36 bits per heavy atom. The standard InChI is InChI=1S/C19H12N2O/c20-8-16-17(9-21)19-13-4-2-1-3-12(13)18(16)14-6-5-11(10-22)7-15(14)19/h1-7,10,16-19H. The molecule has 22 heavy (non-hydrogen) atoms. The molecule has 0 radical (unpaired) electrons. The molecule has 0 saturated heterocycles. The molecule has 0 amide bonds. The van der Waals surface area contributed by atoms with E-state index in [0.717, 1.165) is 28.5 Å². The first-order valence-corrected chi connectivity index (χ1v) is 7.27. The third-order valence-corrected chi connectivity index (χ3v) is 4.99. The third-order valence-electron chi connectivity index (χ3n) is 4.99. The van der Waals surface area contributed by atoms with Gasteiger partial charge in [-0.05, 0) is 28.3 Å². The topological polar surface area (TPSA) is 64.7 Å². The highest BCUT2D eigenvalue weighted by molar-refractivity contribution is 5.76. The molecular formula is C19H12N2O. The second kappa shape index (κ2) is 4.55. The zero-order valence-electron chi connectivity index (χ0n) is 11.7. The van der Waals surface area contributed by atoms with Crippen LogP contribution >= 0.6 is 0 Å². The summed E-state index contributed by atoms with van der Waals surface area (Å²) < 4.78 is 0. The van der Waals surface area contributed by atoms with Gasteiger partial charge in [-0.1, -0.05) is 36.4 Å². The van der Waals surface area contributed by atoms with Gasteiger partial charge in [0.15, 0.2) is 0 Å². The fraction of sp³-hybridized carbons (Fsp3) is 0.211. The fourth-order valence-electron chi connectivity index (χ4n) is 4.13. The van der Waals surface area contributed by atoms with Gasteiger partial charge in [-0.3, -0.25) is 4.79 Å². The molecule has 4 atom stereocenters. The van der Waals surface area contributed by atoms with Crippen LogP contribution in [0.2, 0.25) is 0 Å². The van der Waals surface area contributed by atoms with Crippen molar-refractivity contribution in [3.63, 3.8) is 0 Å². The molecule has 2 aromatic carbocycles. The van der Waals surface area contributed by atoms with Crippen LogP contribution in [-0.4, -0.2) is 6.29 Å². The van der Waals surface area contributed by atoms with Crippen LogP contribution in [0, 0.1) is 34.5 Å². The van der Waals surface area contributed by atoms with Crippen molar-refractivity contribution in [1.29, 1.82) is 10.5 Å². The lowest BCUT2D eigenvalue weighted by Crippen LogP contribution is -2.38. The van der Waals surface area contributed by atoms with E-state index >= 15 is 0 Å². The maximum atomic E-state index is 11.1. The fourth-order valence-corrected chi connectivity index (χ4v) is 4.13. The van der Waals surface area contributed by atoms with E-state index in [9.17, 15) is 15.3 Å². The predicted octanol–water partition coefficient (Wildman–Crippen LogP) is 3.37. The maximum Gasteiger partial charge on any atom is 0.150 e. The zero-order valence-corrected chi connectivity index (χ0v) is 11.7. The Morgan fingerprint density at radius 3 is 1.91 bits per heavy atom. The van der Waals surface area contributed by atoms with Crippen molar-refractivity contribution in [3.05, 3.63) is 70.3 Å². The van der Waals surface area contributed by atoms with Crippen LogP contribution in [0.4, 0.5) is 0 Å². The number of nitriles is 2. The summed E-state index contributed by atoms with van der Waals surface area (Å²) in [5.74, 6) is -0.893. The van der Waals surface area contributed by atoms with E-state index in [1.165, 1.54) is 0 Å². The Morgan fingerprint density at radius 1 is 0.818 bits per heavy atom. The van der Waals surface area contributed by atoms with E-state index in [1.54, 1.807) is 6.07 Å². The molecule has 2 bridgehead atoms. The van der Waals surface area contributed by atoms with Crippen LogP contribution in [0.25, 0.3) is 0 Å². The lowest BCUT2D eigenvalue weighted by Gasteiger charge is -2.46. The first-order valence-electron chi connectivity index (χ1n) is 7.27. The van der Waals surface area contributed by atoms with Gasteiger partial charge in [0.1, 0.15) is 6.29 Å². The van der Waals surface area contributed by atoms with Gasteiger partial charge >= 0.3 is 0 Å². The highest BCUT2D eigenvalue weighted by Gasteiger charge is 2.50. The van der Waals surface area contributed by atoms with Gasteiger partial charge in [0.05, 0.1) is 24.0 Å². The molecule has 0 spiro atoms. The number of carbonyl (C=O) groups excluding carboxylic acids is 1. The van der Waals surface area contributed by atoms with Crippen LogP contribution in [0.1, 0.15) is 44.4 Å². The van der Waals surface area contributed by atoms with Gasteiger partial charge in [-0.25, -0.2) is 0 Å². The molecule has 0 heterocycles. The Balaban J connectivity index is 2.06. The molecule has 0 aromatic heterocycles. The zero-order chi connectivity index (χ0) is 15.3. The Hall–Kier alpha value is -2.91. The van der Waals surface area contributed by atoms with Crippen molar-refractivity contribution in [1.82, 2.24) is 0 Å². The predicted molar refractivity (Wildman–Crippen MR) is 80.2 cm³/mol. The Bertz CT molecular complexity index is 872. The van der Waals surface area contributed by atoms with Crippen LogP contribution in [0.5, 0.6) is 0 Å². The van der Waals surface area contributed by atoms with Crippen molar-refractivity contribution < 1.29 is 4.79 Å². The summed E-state index contributed by atoms with van der Waals surface area (Å²) in [6.07, 6.45) is 0.831. The Labute approximate surface area is 128 Å². The first kappa shape index (κ1) is 12.8. The SMILES string of the molecule is N#CC1C2c3ccccc3C(c3cc(C=O)ccc32)C1C#N. The van der Waals surface area contributed by atoms with Gasteiger partial charge in [-0.15, -0.1) is 0 Å². The van der Waals surface area contributed by atoms with Gasteiger partial charge in [0.2, 0.25) is 0 Å². The highest BCUT2D eigenvalue weighted by Crippen LogP contribution is 2.57. The van der Waals surface area contributed by atoms with Crippen molar-refractivity contribution in [2.24, 2.45) is 11.8 Å². The van der Waals surface area contributed by atoms with Crippen molar-refractivity contribution in [2.45, 2.75) is 11.8 Å². The largest absolute Gasteiger partial charge is 0.298 e. The average Bonchev–Trinajstić information content (AvgIpc) is 2.60. The lowest BCUT2D eigenvalue weighted by molar-refractivity contribution is 0.112. The number of hydrogen-bond donors (Lipinski definition) is 0. The highest BCUT2D eigenvalue weighted by atomic mass is 16.1. The molecular weight excluding hydrogens is 272 g/mol. The molecule has 3 aliphatic rings. The third kappa shape index (κ3) is 1.46. The number of carbonyl (C=O) groups is 1. The molecule has 2 aromatic rings. The lowest BCUT2D eigenvalue weighted by atomic mass is 9.55. The molecule has 3 aliphatic carbocycles. The summed E-state index contributed by atoms with van der Waals surface area (Å²) in [5, 5.41) is 19.2. The molecule has 0 saturated carbocycles. The maximum absolute atomic E-state index is 11.1. The van der Waals surface area contributed by atoms with Gasteiger partial charge in [0, 0.05) is 17.4 Å². The normalized spacial score (nSPS) is 27.2. The van der Waals surface area contributed by atoms with E-state index in [4.69, 9.17) is 0 Å². The molecule has 3 heteroatoms. The van der Waals surface area contributed by atoms with Crippen LogP contribution in [0.3, 0.4) is 0 Å². The summed E-state index contributed by atoms with van der Waals surface area (Å²) >= 11 is 0. The van der Waals surface area contributed by atoms with E-state index in [2.05, 4.69) is 18.2 Å². The molecule has 3 nitrogen and oxygen atoms in total. The number of benzene rings is 2. The Kier molecular flexibility index (Phi) is 2.65. The minimum Gasteiger partial charge on any atom is -0.298 e. The molecule has 104 valence electrons. The smallest absolute Gasteiger partial charge is 0.150 e. The second-order valence-electron chi connectivity index (χ2n) is 5.90. The minimum atomic E-state index is -0.362. The quantitative estimate of drug-likeness (QED) is 0.754. The van der Waals surface area contributed by atoms with Gasteiger partial charge in [0.25, 0.3) is 0 Å². The first-order chi connectivity index (χ1) is 10.8. The molecule has 0 aliphatic heterocycles. The number of hydrogen-bond acceptors (Lipinski definition) is 3. The summed E-state index contributed by atoms with van der Waals surface area (Å²) in [6, 6.07) is 18.4. The number of nitrogens with zero attached hydrogens (tertiary/aromatic N) is 2. The van der Waals surface area contributed by atoms with Crippen molar-refractivity contribution in [3.8, 4) is 12.1 Å². The van der Waals surface area contributed by atoms with E-state index < -0.39 is 0 Å². The molecule has 5 rings (SSSR count). The summed E-state index contributed by atoms with van der Waals surface area (Å²) in [6.45, 7) is 0. The average molecular weight is 284 g/mol. The van der Waals surface area contributed by atoms with Gasteiger partial charge < -0.3 is 0 Å². The van der Waals surface area contributed by atoms with Gasteiger partial charge in [-0.2, -0.15) is 10.5 Å².